The van der Waals surface area contributed by atoms with Crippen LogP contribution in [0.5, 0.6) is 0 Å². The van der Waals surface area contributed by atoms with E-state index in [2.05, 4.69) is 59.4 Å². The van der Waals surface area contributed by atoms with E-state index in [4.69, 9.17) is 0 Å². The van der Waals surface area contributed by atoms with Crippen molar-refractivity contribution in [1.29, 1.82) is 0 Å². The van der Waals surface area contributed by atoms with E-state index in [1.807, 2.05) is 17.5 Å². The highest BCUT2D eigenvalue weighted by molar-refractivity contribution is 7.15. The van der Waals surface area contributed by atoms with Crippen LogP contribution < -0.4 is 10.2 Å². The molecule has 1 N–H and O–H groups in total. The first kappa shape index (κ1) is 14.5. The predicted molar refractivity (Wildman–Crippen MR) is 90.2 cm³/mol. The summed E-state index contributed by atoms with van der Waals surface area (Å²) in [4.78, 5) is 8.40. The molecule has 1 saturated heterocycles. The third kappa shape index (κ3) is 3.27. The van der Waals surface area contributed by atoms with Crippen LogP contribution >= 0.6 is 11.3 Å². The van der Waals surface area contributed by atoms with Gasteiger partial charge in [-0.3, -0.25) is 0 Å². The van der Waals surface area contributed by atoms with E-state index in [-0.39, 0.29) is 0 Å². The van der Waals surface area contributed by atoms with Gasteiger partial charge in [-0.25, -0.2) is 4.98 Å². The lowest BCUT2D eigenvalue weighted by molar-refractivity contribution is 0.606. The van der Waals surface area contributed by atoms with Crippen LogP contribution in [0.4, 0.5) is 5.13 Å². The number of hydrogen-bond acceptors (Lipinski definition) is 4. The molecule has 1 aliphatic heterocycles. The second kappa shape index (κ2) is 6.58. The standard InChI is InChI=1S/C17H23N3S/c1-3-18-13(2)16-11-19-17(21-16)20-10-9-15(12-20)14-7-5-4-6-8-14/h4-8,11,13,15,18H,3,9-10,12H2,1-2H3. The molecule has 0 spiro atoms. The molecule has 2 heterocycles. The number of benzene rings is 1. The molecular formula is C17H23N3S. The first-order valence-corrected chi connectivity index (χ1v) is 8.58. The Morgan fingerprint density at radius 2 is 2.19 bits per heavy atom. The molecule has 1 fully saturated rings. The maximum absolute atomic E-state index is 4.63. The fourth-order valence-corrected chi connectivity index (χ4v) is 3.94. The minimum atomic E-state index is 0.397. The molecule has 1 aromatic heterocycles. The Hall–Kier alpha value is -1.39. The molecule has 0 bridgehead atoms. The molecule has 21 heavy (non-hydrogen) atoms. The van der Waals surface area contributed by atoms with Gasteiger partial charge in [0.05, 0.1) is 0 Å². The Bertz CT molecular complexity index is 566. The van der Waals surface area contributed by atoms with Gasteiger partial charge in [-0.2, -0.15) is 0 Å². The van der Waals surface area contributed by atoms with Crippen LogP contribution in [-0.2, 0) is 0 Å². The average molecular weight is 301 g/mol. The van der Waals surface area contributed by atoms with Gasteiger partial charge in [-0.15, -0.1) is 11.3 Å². The highest BCUT2D eigenvalue weighted by Crippen LogP contribution is 2.34. The third-order valence-electron chi connectivity index (χ3n) is 4.18. The molecule has 112 valence electrons. The van der Waals surface area contributed by atoms with Crippen molar-refractivity contribution in [3.8, 4) is 0 Å². The monoisotopic (exact) mass is 301 g/mol. The van der Waals surface area contributed by atoms with E-state index < -0.39 is 0 Å². The summed E-state index contributed by atoms with van der Waals surface area (Å²) in [5.74, 6) is 0.643. The van der Waals surface area contributed by atoms with Crippen LogP contribution in [0, 0.1) is 0 Å². The van der Waals surface area contributed by atoms with Crippen LogP contribution in [-0.4, -0.2) is 24.6 Å². The summed E-state index contributed by atoms with van der Waals surface area (Å²) in [6.07, 6.45) is 3.25. The van der Waals surface area contributed by atoms with E-state index in [1.54, 1.807) is 0 Å². The second-order valence-corrected chi connectivity index (χ2v) is 6.71. The van der Waals surface area contributed by atoms with Gasteiger partial charge < -0.3 is 10.2 Å². The first-order chi connectivity index (χ1) is 10.3. The second-order valence-electron chi connectivity index (χ2n) is 5.67. The Morgan fingerprint density at radius 3 is 2.95 bits per heavy atom. The van der Waals surface area contributed by atoms with Gasteiger partial charge in [-0.1, -0.05) is 37.3 Å². The van der Waals surface area contributed by atoms with Gasteiger partial charge >= 0.3 is 0 Å². The SMILES string of the molecule is CCNC(C)c1cnc(N2CCC(c3ccccc3)C2)s1. The first-order valence-electron chi connectivity index (χ1n) is 7.77. The Kier molecular flexibility index (Phi) is 4.56. The van der Waals surface area contributed by atoms with Crippen molar-refractivity contribution in [2.75, 3.05) is 24.5 Å². The van der Waals surface area contributed by atoms with Crippen molar-refractivity contribution in [1.82, 2.24) is 10.3 Å². The fraction of sp³-hybridized carbons (Fsp3) is 0.471. The van der Waals surface area contributed by atoms with E-state index in [0.717, 1.165) is 19.6 Å². The molecule has 0 saturated carbocycles. The molecule has 0 aliphatic carbocycles. The maximum atomic E-state index is 4.63. The van der Waals surface area contributed by atoms with Gasteiger partial charge in [-0.05, 0) is 25.5 Å². The smallest absolute Gasteiger partial charge is 0.185 e. The quantitative estimate of drug-likeness (QED) is 0.910. The zero-order valence-electron chi connectivity index (χ0n) is 12.7. The number of anilines is 1. The lowest BCUT2D eigenvalue weighted by atomic mass is 9.99. The van der Waals surface area contributed by atoms with Crippen molar-refractivity contribution in [2.45, 2.75) is 32.2 Å². The van der Waals surface area contributed by atoms with Crippen LogP contribution in [0.3, 0.4) is 0 Å². The Balaban J connectivity index is 1.66. The van der Waals surface area contributed by atoms with Crippen LogP contribution in [0.25, 0.3) is 0 Å². The van der Waals surface area contributed by atoms with E-state index in [1.165, 1.54) is 22.0 Å². The summed E-state index contributed by atoms with van der Waals surface area (Å²) in [6.45, 7) is 7.55. The Morgan fingerprint density at radius 1 is 1.38 bits per heavy atom. The predicted octanol–water partition coefficient (Wildman–Crippen LogP) is 3.81. The number of nitrogens with zero attached hydrogens (tertiary/aromatic N) is 2. The molecule has 0 radical (unpaired) electrons. The van der Waals surface area contributed by atoms with E-state index >= 15 is 0 Å². The number of thiazole rings is 1. The van der Waals surface area contributed by atoms with Gasteiger partial charge in [0.15, 0.2) is 5.13 Å². The van der Waals surface area contributed by atoms with Crippen LogP contribution in [0.2, 0.25) is 0 Å². The summed E-state index contributed by atoms with van der Waals surface area (Å²) in [7, 11) is 0. The topological polar surface area (TPSA) is 28.2 Å². The lowest BCUT2D eigenvalue weighted by Crippen LogP contribution is -2.18. The van der Waals surface area contributed by atoms with Gasteiger partial charge in [0.1, 0.15) is 0 Å². The minimum Gasteiger partial charge on any atom is -0.347 e. The third-order valence-corrected chi connectivity index (χ3v) is 5.42. The molecule has 1 aliphatic rings. The fourth-order valence-electron chi connectivity index (χ4n) is 2.96. The van der Waals surface area contributed by atoms with E-state index in [9.17, 15) is 0 Å². The Labute approximate surface area is 131 Å². The largest absolute Gasteiger partial charge is 0.347 e. The van der Waals surface area contributed by atoms with Crippen molar-refractivity contribution >= 4 is 16.5 Å². The van der Waals surface area contributed by atoms with Gasteiger partial charge in [0.2, 0.25) is 0 Å². The molecule has 3 rings (SSSR count). The zero-order valence-corrected chi connectivity index (χ0v) is 13.6. The zero-order chi connectivity index (χ0) is 14.7. The van der Waals surface area contributed by atoms with Crippen molar-refractivity contribution in [3.63, 3.8) is 0 Å². The van der Waals surface area contributed by atoms with E-state index in [0.29, 0.717) is 12.0 Å². The summed E-state index contributed by atoms with van der Waals surface area (Å²) in [5, 5.41) is 4.63. The molecule has 2 aromatic rings. The molecule has 3 nitrogen and oxygen atoms in total. The summed E-state index contributed by atoms with van der Waals surface area (Å²) in [6, 6.07) is 11.2. The van der Waals surface area contributed by atoms with Crippen molar-refractivity contribution in [3.05, 3.63) is 47.0 Å². The summed E-state index contributed by atoms with van der Waals surface area (Å²) >= 11 is 1.83. The summed E-state index contributed by atoms with van der Waals surface area (Å²) in [5.41, 5.74) is 1.46. The molecule has 1 aromatic carbocycles. The van der Waals surface area contributed by atoms with Crippen LogP contribution in [0.15, 0.2) is 36.5 Å². The lowest BCUT2D eigenvalue weighted by Gasteiger charge is -2.15. The highest BCUT2D eigenvalue weighted by Gasteiger charge is 2.26. The minimum absolute atomic E-state index is 0.397. The molecule has 2 unspecified atom stereocenters. The molecule has 2 atom stereocenters. The number of hydrogen-bond donors (Lipinski definition) is 1. The number of nitrogens with one attached hydrogen (secondary N) is 1. The van der Waals surface area contributed by atoms with Gasteiger partial charge in [0, 0.05) is 36.1 Å². The normalized spacial score (nSPS) is 19.9. The molecular weight excluding hydrogens is 278 g/mol. The van der Waals surface area contributed by atoms with Crippen molar-refractivity contribution in [2.24, 2.45) is 0 Å². The molecule has 4 heteroatoms. The maximum Gasteiger partial charge on any atom is 0.185 e. The summed E-state index contributed by atoms with van der Waals surface area (Å²) < 4.78 is 0. The van der Waals surface area contributed by atoms with Crippen molar-refractivity contribution < 1.29 is 0 Å². The highest BCUT2D eigenvalue weighted by atomic mass is 32.1. The number of rotatable bonds is 5. The van der Waals surface area contributed by atoms with Crippen LogP contribution in [0.1, 0.15) is 42.7 Å². The van der Waals surface area contributed by atoms with Gasteiger partial charge in [0.25, 0.3) is 0 Å². The average Bonchev–Trinajstić information content (AvgIpc) is 3.17. The number of aromatic nitrogens is 1. The molecule has 0 amide bonds.